The number of carbonyl (C=O) groups excluding carboxylic acids is 1. The second kappa shape index (κ2) is 11.5. The number of carbonyl (C=O) groups is 1. The fourth-order valence-electron chi connectivity index (χ4n) is 4.79. The average Bonchev–Trinajstić information content (AvgIpc) is 3.21. The molecular formula is C27H29F4N3O6S. The molecule has 1 saturated heterocycles. The van der Waals surface area contributed by atoms with Gasteiger partial charge in [-0.3, -0.25) is 9.79 Å². The fraction of sp³-hybridized carbons (Fsp3) is 0.407. The predicted molar refractivity (Wildman–Crippen MR) is 142 cm³/mol. The smallest absolute Gasteiger partial charge is 0.419 e. The minimum Gasteiger partial charge on any atom is -0.491 e. The average molecular weight is 600 g/mol. The number of nitrogens with zero attached hydrogens (tertiary/aromatic N) is 2. The Bertz CT molecular complexity index is 1480. The van der Waals surface area contributed by atoms with E-state index in [0.29, 0.717) is 28.5 Å². The number of rotatable bonds is 8. The van der Waals surface area contributed by atoms with Gasteiger partial charge in [0.2, 0.25) is 10.0 Å². The highest BCUT2D eigenvalue weighted by atomic mass is 32.2. The van der Waals surface area contributed by atoms with Crippen molar-refractivity contribution in [2.45, 2.75) is 44.5 Å². The van der Waals surface area contributed by atoms with E-state index in [4.69, 9.17) is 9.84 Å². The van der Waals surface area contributed by atoms with Crippen LogP contribution in [0.25, 0.3) is 6.08 Å². The molecular weight excluding hydrogens is 570 g/mol. The number of aliphatic hydroxyl groups is 2. The Labute approximate surface area is 234 Å². The third kappa shape index (κ3) is 6.45. The Morgan fingerprint density at radius 2 is 1.83 bits per heavy atom. The van der Waals surface area contributed by atoms with E-state index in [1.54, 1.807) is 26.0 Å². The number of hydrogen-bond acceptors (Lipinski definition) is 7. The van der Waals surface area contributed by atoms with E-state index in [-0.39, 0.29) is 38.4 Å². The van der Waals surface area contributed by atoms with Gasteiger partial charge < -0.3 is 20.3 Å². The second-order valence-corrected chi connectivity index (χ2v) is 11.8. The van der Waals surface area contributed by atoms with Crippen LogP contribution in [0.15, 0.2) is 40.7 Å². The summed E-state index contributed by atoms with van der Waals surface area (Å²) in [5.41, 5.74) is -1.31. The number of amides is 1. The summed E-state index contributed by atoms with van der Waals surface area (Å²) in [5, 5.41) is 21.8. The molecule has 1 atom stereocenters. The molecule has 0 saturated carbocycles. The highest BCUT2D eigenvalue weighted by molar-refractivity contribution is 7.92. The van der Waals surface area contributed by atoms with E-state index in [1.165, 1.54) is 10.4 Å². The lowest BCUT2D eigenvalue weighted by Gasteiger charge is -2.34. The third-order valence-corrected chi connectivity index (χ3v) is 8.64. The molecule has 14 heteroatoms. The number of sulfonamides is 1. The molecule has 2 aliphatic rings. The van der Waals surface area contributed by atoms with Crippen molar-refractivity contribution in [1.82, 2.24) is 9.62 Å². The summed E-state index contributed by atoms with van der Waals surface area (Å²) >= 11 is 0. The second-order valence-electron chi connectivity index (χ2n) is 9.98. The first kappa shape index (κ1) is 30.6. The molecule has 2 aliphatic heterocycles. The standard InChI is InChI=1S/C27H29F4N3O6S/c1-16-12-19(40-15-18(36)14-35)13-17(2)20(16)6-11-41(38,39)34-9-7-26(8-10-34)25(37)32-24(33-26)21-4-3-5-22(23(21)28)27(29,30)31/h3-6,11-13,18,35-36H,7-10,14-15H2,1-2H3,(H,32,33,37)/t18-/m1/s1. The van der Waals surface area contributed by atoms with Gasteiger partial charge in [0.05, 0.1) is 17.7 Å². The molecule has 2 aromatic rings. The molecule has 41 heavy (non-hydrogen) atoms. The van der Waals surface area contributed by atoms with Crippen molar-refractivity contribution in [3.05, 3.63) is 69.4 Å². The van der Waals surface area contributed by atoms with Crippen LogP contribution in [0.1, 0.15) is 40.7 Å². The van der Waals surface area contributed by atoms with Crippen LogP contribution in [0.4, 0.5) is 17.6 Å². The molecule has 0 aromatic heterocycles. The predicted octanol–water partition coefficient (Wildman–Crippen LogP) is 2.91. The van der Waals surface area contributed by atoms with Gasteiger partial charge in [-0.1, -0.05) is 6.07 Å². The minimum absolute atomic E-state index is 0.0419. The first-order valence-electron chi connectivity index (χ1n) is 12.7. The van der Waals surface area contributed by atoms with Crippen molar-refractivity contribution >= 4 is 27.8 Å². The molecule has 9 nitrogen and oxygen atoms in total. The Morgan fingerprint density at radius 1 is 1.20 bits per heavy atom. The number of aryl methyl sites for hydroxylation is 2. The van der Waals surface area contributed by atoms with Crippen molar-refractivity contribution in [2.24, 2.45) is 4.99 Å². The first-order chi connectivity index (χ1) is 19.2. The SMILES string of the molecule is Cc1cc(OC[C@H](O)CO)cc(C)c1C=CS(=O)(=O)N1CCC2(CC1)N=C(c1cccc(C(F)(F)F)c1F)NC2=O. The zero-order valence-corrected chi connectivity index (χ0v) is 23.0. The van der Waals surface area contributed by atoms with E-state index in [1.807, 2.05) is 0 Å². The topological polar surface area (TPSA) is 129 Å². The lowest BCUT2D eigenvalue weighted by atomic mass is 9.89. The molecule has 0 bridgehead atoms. The van der Waals surface area contributed by atoms with E-state index in [2.05, 4.69) is 10.3 Å². The van der Waals surface area contributed by atoms with Gasteiger partial charge in [0, 0.05) is 18.5 Å². The molecule has 222 valence electrons. The van der Waals surface area contributed by atoms with E-state index < -0.39 is 57.3 Å². The molecule has 3 N–H and O–H groups in total. The van der Waals surface area contributed by atoms with Crippen LogP contribution < -0.4 is 10.1 Å². The molecule has 1 fully saturated rings. The maximum absolute atomic E-state index is 14.6. The molecule has 4 rings (SSSR count). The Kier molecular flexibility index (Phi) is 8.60. The lowest BCUT2D eigenvalue weighted by Crippen LogP contribution is -2.50. The van der Waals surface area contributed by atoms with Crippen LogP contribution in [0.3, 0.4) is 0 Å². The third-order valence-electron chi connectivity index (χ3n) is 7.08. The van der Waals surface area contributed by atoms with Crippen LogP contribution in [0, 0.1) is 19.7 Å². The van der Waals surface area contributed by atoms with Crippen LogP contribution in [-0.4, -0.2) is 72.6 Å². The van der Waals surface area contributed by atoms with E-state index >= 15 is 0 Å². The summed E-state index contributed by atoms with van der Waals surface area (Å²) in [5.74, 6) is -2.04. The van der Waals surface area contributed by atoms with Crippen molar-refractivity contribution in [3.8, 4) is 5.75 Å². The Balaban J connectivity index is 1.47. The Morgan fingerprint density at radius 3 is 2.41 bits per heavy atom. The monoisotopic (exact) mass is 599 g/mol. The van der Waals surface area contributed by atoms with Gasteiger partial charge >= 0.3 is 6.18 Å². The van der Waals surface area contributed by atoms with Crippen LogP contribution in [-0.2, 0) is 21.0 Å². The first-order valence-corrected chi connectivity index (χ1v) is 14.2. The molecule has 2 heterocycles. The molecule has 2 aromatic carbocycles. The lowest BCUT2D eigenvalue weighted by molar-refractivity contribution is -0.140. The maximum Gasteiger partial charge on any atom is 0.419 e. The number of ether oxygens (including phenoxy) is 1. The number of aliphatic imine (C=N–C) groups is 1. The number of piperidine rings is 1. The van der Waals surface area contributed by atoms with Gasteiger partial charge in [0.25, 0.3) is 5.91 Å². The molecule has 1 spiro atoms. The fourth-order valence-corrected chi connectivity index (χ4v) is 5.97. The number of nitrogens with one attached hydrogen (secondary N) is 1. The van der Waals surface area contributed by atoms with Crippen LogP contribution in [0.2, 0.25) is 0 Å². The number of benzene rings is 2. The van der Waals surface area contributed by atoms with Gasteiger partial charge in [-0.15, -0.1) is 0 Å². The summed E-state index contributed by atoms with van der Waals surface area (Å²) in [6.07, 6.45) is -4.59. The zero-order valence-electron chi connectivity index (χ0n) is 22.2. The maximum atomic E-state index is 14.6. The highest BCUT2D eigenvalue weighted by Crippen LogP contribution is 2.36. The number of alkyl halides is 3. The minimum atomic E-state index is -4.93. The van der Waals surface area contributed by atoms with Gasteiger partial charge in [-0.05, 0) is 73.7 Å². The van der Waals surface area contributed by atoms with Crippen molar-refractivity contribution in [2.75, 3.05) is 26.3 Å². The van der Waals surface area contributed by atoms with Crippen molar-refractivity contribution < 1.29 is 45.7 Å². The molecule has 0 radical (unpaired) electrons. The van der Waals surface area contributed by atoms with Gasteiger partial charge in [-0.25, -0.2) is 12.8 Å². The Hall–Kier alpha value is -3.33. The summed E-state index contributed by atoms with van der Waals surface area (Å²) in [4.78, 5) is 17.1. The van der Waals surface area contributed by atoms with Gasteiger partial charge in [0.1, 0.15) is 35.7 Å². The number of aliphatic hydroxyl groups excluding tert-OH is 2. The number of halogens is 4. The van der Waals surface area contributed by atoms with Crippen molar-refractivity contribution in [3.63, 3.8) is 0 Å². The largest absolute Gasteiger partial charge is 0.491 e. The number of hydrogen-bond donors (Lipinski definition) is 3. The zero-order chi connectivity index (χ0) is 30.2. The van der Waals surface area contributed by atoms with E-state index in [9.17, 15) is 35.9 Å². The van der Waals surface area contributed by atoms with Gasteiger partial charge in [0.15, 0.2) is 0 Å². The summed E-state index contributed by atoms with van der Waals surface area (Å²) in [6.45, 7) is 2.82. The van der Waals surface area contributed by atoms with Crippen LogP contribution >= 0.6 is 0 Å². The quantitative estimate of drug-likeness (QED) is 0.401. The highest BCUT2D eigenvalue weighted by Gasteiger charge is 2.48. The van der Waals surface area contributed by atoms with Gasteiger partial charge in [-0.2, -0.15) is 17.5 Å². The molecule has 0 unspecified atom stereocenters. The summed E-state index contributed by atoms with van der Waals surface area (Å²) in [7, 11) is -3.91. The summed E-state index contributed by atoms with van der Waals surface area (Å²) in [6, 6.07) is 6.06. The molecule has 0 aliphatic carbocycles. The summed E-state index contributed by atoms with van der Waals surface area (Å²) < 4.78 is 86.9. The molecule has 1 amide bonds. The van der Waals surface area contributed by atoms with Crippen molar-refractivity contribution in [1.29, 1.82) is 0 Å². The van der Waals surface area contributed by atoms with Crippen LogP contribution in [0.5, 0.6) is 5.75 Å². The van der Waals surface area contributed by atoms with E-state index in [0.717, 1.165) is 17.5 Å². The number of amidine groups is 1. The normalized spacial score (nSPS) is 18.5.